The van der Waals surface area contributed by atoms with Crippen molar-refractivity contribution in [2.24, 2.45) is 0 Å². The zero-order chi connectivity index (χ0) is 22.0. The van der Waals surface area contributed by atoms with E-state index < -0.39 is 6.36 Å². The van der Waals surface area contributed by atoms with Gasteiger partial charge in [-0.25, -0.2) is 9.97 Å². The highest BCUT2D eigenvalue weighted by Crippen LogP contribution is 2.34. The summed E-state index contributed by atoms with van der Waals surface area (Å²) >= 11 is 5.98. The number of benzene rings is 2. The summed E-state index contributed by atoms with van der Waals surface area (Å²) in [7, 11) is 0. The van der Waals surface area contributed by atoms with Crippen LogP contribution in [0.25, 0.3) is 22.4 Å². The second-order valence-electron chi connectivity index (χ2n) is 6.61. The van der Waals surface area contributed by atoms with E-state index in [1.165, 1.54) is 18.5 Å². The van der Waals surface area contributed by atoms with Gasteiger partial charge in [-0.1, -0.05) is 35.9 Å². The summed E-state index contributed by atoms with van der Waals surface area (Å²) in [5.74, 6) is 0.0433. The minimum atomic E-state index is -4.72. The Kier molecular flexibility index (Phi) is 5.51. The minimum absolute atomic E-state index is 0.276. The number of aromatic nitrogens is 4. The minimum Gasteiger partial charge on any atom is -0.406 e. The molecule has 0 aliphatic heterocycles. The molecule has 0 bridgehead atoms. The van der Waals surface area contributed by atoms with Crippen molar-refractivity contribution in [2.75, 3.05) is 5.73 Å². The number of alkyl halides is 3. The van der Waals surface area contributed by atoms with Gasteiger partial charge in [0, 0.05) is 16.8 Å². The summed E-state index contributed by atoms with van der Waals surface area (Å²) in [6.07, 6.45) is 0.0734. The first-order valence-corrected chi connectivity index (χ1v) is 9.40. The molecule has 31 heavy (non-hydrogen) atoms. The number of rotatable bonds is 5. The first-order valence-electron chi connectivity index (χ1n) is 9.02. The number of nitrogens with two attached hydrogens (primary N) is 1. The first kappa shape index (κ1) is 20.7. The molecule has 0 spiro atoms. The van der Waals surface area contributed by atoms with E-state index in [1.807, 2.05) is 12.1 Å². The molecule has 0 aliphatic rings. The summed E-state index contributed by atoms with van der Waals surface area (Å²) in [4.78, 5) is 8.46. The number of halogens is 4. The number of nitrogen functional groups attached to an aromatic ring is 1. The third-order valence-electron chi connectivity index (χ3n) is 4.42. The van der Waals surface area contributed by atoms with Crippen molar-refractivity contribution in [3.05, 3.63) is 77.8 Å². The maximum Gasteiger partial charge on any atom is 0.573 e. The van der Waals surface area contributed by atoms with Crippen LogP contribution in [0, 0.1) is 0 Å². The SMILES string of the molecule is Nc1ncnc(-c2cnn(Cc3ccc(OC(F)(F)F)cc3)c2)c1-c1ccc(Cl)cc1. The largest absolute Gasteiger partial charge is 0.573 e. The van der Waals surface area contributed by atoms with Gasteiger partial charge in [0.15, 0.2) is 0 Å². The van der Waals surface area contributed by atoms with Gasteiger partial charge in [-0.05, 0) is 35.4 Å². The molecule has 158 valence electrons. The van der Waals surface area contributed by atoms with E-state index in [9.17, 15) is 13.2 Å². The number of ether oxygens (including phenoxy) is 1. The van der Waals surface area contributed by atoms with Crippen LogP contribution in [0.4, 0.5) is 19.0 Å². The third kappa shape index (κ3) is 4.95. The molecular weight excluding hydrogens is 431 g/mol. The van der Waals surface area contributed by atoms with Crippen LogP contribution in [0.3, 0.4) is 0 Å². The predicted octanol–water partition coefficient (Wildman–Crippen LogP) is 5.19. The Bertz CT molecular complexity index is 1190. The van der Waals surface area contributed by atoms with Crippen LogP contribution >= 0.6 is 11.6 Å². The van der Waals surface area contributed by atoms with E-state index in [-0.39, 0.29) is 5.75 Å². The zero-order valence-corrected chi connectivity index (χ0v) is 16.6. The van der Waals surface area contributed by atoms with Gasteiger partial charge in [-0.2, -0.15) is 5.10 Å². The van der Waals surface area contributed by atoms with Gasteiger partial charge >= 0.3 is 6.36 Å². The number of anilines is 1. The number of hydrogen-bond donors (Lipinski definition) is 1. The highest BCUT2D eigenvalue weighted by Gasteiger charge is 2.30. The molecule has 4 rings (SSSR count). The maximum atomic E-state index is 12.3. The highest BCUT2D eigenvalue weighted by atomic mass is 35.5. The lowest BCUT2D eigenvalue weighted by molar-refractivity contribution is -0.274. The Morgan fingerprint density at radius 1 is 0.968 bits per heavy atom. The lowest BCUT2D eigenvalue weighted by Crippen LogP contribution is -2.17. The van der Waals surface area contributed by atoms with Gasteiger partial charge in [0.25, 0.3) is 0 Å². The molecular formula is C21H15ClF3N5O. The van der Waals surface area contributed by atoms with E-state index in [0.717, 1.165) is 16.7 Å². The van der Waals surface area contributed by atoms with E-state index in [1.54, 1.807) is 41.3 Å². The van der Waals surface area contributed by atoms with Gasteiger partial charge in [0.1, 0.15) is 17.9 Å². The van der Waals surface area contributed by atoms with Crippen LogP contribution in [-0.2, 0) is 6.54 Å². The molecule has 0 atom stereocenters. The zero-order valence-electron chi connectivity index (χ0n) is 15.8. The van der Waals surface area contributed by atoms with Crippen molar-refractivity contribution in [1.29, 1.82) is 0 Å². The van der Waals surface area contributed by atoms with E-state index >= 15 is 0 Å². The van der Waals surface area contributed by atoms with Gasteiger partial charge in [0.05, 0.1) is 24.0 Å². The Morgan fingerprint density at radius 3 is 2.35 bits per heavy atom. The van der Waals surface area contributed by atoms with Crippen molar-refractivity contribution in [2.45, 2.75) is 12.9 Å². The Labute approximate surface area is 180 Å². The summed E-state index contributed by atoms with van der Waals surface area (Å²) in [5, 5.41) is 4.93. The second-order valence-corrected chi connectivity index (χ2v) is 7.04. The van der Waals surface area contributed by atoms with Crippen molar-refractivity contribution in [3.63, 3.8) is 0 Å². The highest BCUT2D eigenvalue weighted by molar-refractivity contribution is 6.30. The number of nitrogens with zero attached hydrogens (tertiary/aromatic N) is 4. The molecule has 6 nitrogen and oxygen atoms in total. The van der Waals surface area contributed by atoms with Gasteiger partial charge in [-0.15, -0.1) is 13.2 Å². The fourth-order valence-corrected chi connectivity index (χ4v) is 3.20. The Morgan fingerprint density at radius 2 is 1.68 bits per heavy atom. The van der Waals surface area contributed by atoms with Gasteiger partial charge < -0.3 is 10.5 Å². The molecule has 0 radical (unpaired) electrons. The van der Waals surface area contributed by atoms with Crippen LogP contribution in [0.2, 0.25) is 5.02 Å². The fourth-order valence-electron chi connectivity index (χ4n) is 3.08. The van der Waals surface area contributed by atoms with Crippen LogP contribution < -0.4 is 10.5 Å². The fraction of sp³-hybridized carbons (Fsp3) is 0.0952. The molecule has 2 aromatic heterocycles. The monoisotopic (exact) mass is 445 g/mol. The average Bonchev–Trinajstić information content (AvgIpc) is 3.17. The van der Waals surface area contributed by atoms with Crippen LogP contribution in [0.5, 0.6) is 5.75 Å². The van der Waals surface area contributed by atoms with Crippen LogP contribution in [0.15, 0.2) is 67.3 Å². The molecule has 0 unspecified atom stereocenters. The Hall–Kier alpha value is -3.59. The second kappa shape index (κ2) is 8.27. The van der Waals surface area contributed by atoms with Crippen LogP contribution in [-0.4, -0.2) is 26.1 Å². The van der Waals surface area contributed by atoms with E-state index in [2.05, 4.69) is 19.8 Å². The molecule has 0 saturated carbocycles. The normalized spacial score (nSPS) is 11.5. The molecule has 0 aliphatic carbocycles. The quantitative estimate of drug-likeness (QED) is 0.457. The van der Waals surface area contributed by atoms with E-state index in [4.69, 9.17) is 17.3 Å². The lowest BCUT2D eigenvalue weighted by atomic mass is 10.0. The average molecular weight is 446 g/mol. The molecule has 2 N–H and O–H groups in total. The molecule has 10 heteroatoms. The summed E-state index contributed by atoms with van der Waals surface area (Å²) in [6, 6.07) is 12.8. The van der Waals surface area contributed by atoms with Crippen molar-refractivity contribution < 1.29 is 17.9 Å². The van der Waals surface area contributed by atoms with Crippen molar-refractivity contribution in [3.8, 4) is 28.1 Å². The lowest BCUT2D eigenvalue weighted by Gasteiger charge is -2.10. The van der Waals surface area contributed by atoms with Crippen molar-refractivity contribution in [1.82, 2.24) is 19.7 Å². The van der Waals surface area contributed by atoms with E-state index in [0.29, 0.717) is 28.6 Å². The molecule has 0 fully saturated rings. The first-order chi connectivity index (χ1) is 14.8. The Balaban J connectivity index is 1.58. The molecule has 0 saturated heterocycles. The van der Waals surface area contributed by atoms with Gasteiger partial charge in [0.2, 0.25) is 0 Å². The van der Waals surface area contributed by atoms with Crippen molar-refractivity contribution >= 4 is 17.4 Å². The molecule has 2 aromatic carbocycles. The summed E-state index contributed by atoms with van der Waals surface area (Å²) in [5.41, 5.74) is 9.66. The third-order valence-corrected chi connectivity index (χ3v) is 4.67. The molecule has 0 amide bonds. The summed E-state index contributed by atoms with van der Waals surface area (Å²) < 4.78 is 42.4. The predicted molar refractivity (Wildman–Crippen MR) is 110 cm³/mol. The maximum absolute atomic E-state index is 12.3. The smallest absolute Gasteiger partial charge is 0.406 e. The summed E-state index contributed by atoms with van der Waals surface area (Å²) in [6.45, 7) is 0.350. The van der Waals surface area contributed by atoms with Gasteiger partial charge in [-0.3, -0.25) is 4.68 Å². The molecule has 2 heterocycles. The number of hydrogen-bond acceptors (Lipinski definition) is 5. The molecule has 4 aromatic rings. The van der Waals surface area contributed by atoms with Crippen LogP contribution in [0.1, 0.15) is 5.56 Å². The standard InChI is InChI=1S/C21H15ClF3N5O/c22-16-5-3-14(4-6-16)18-19(27-12-28-20(18)26)15-9-29-30(11-15)10-13-1-7-17(8-2-13)31-21(23,24)25/h1-9,11-12H,10H2,(H2,26,27,28). The topological polar surface area (TPSA) is 78.9 Å².